The molecule has 14 heavy (non-hydrogen) atoms. The summed E-state index contributed by atoms with van der Waals surface area (Å²) in [6.45, 7) is 5.17. The molecule has 0 atom stereocenters. The Hall–Kier alpha value is -0.0800. The van der Waals surface area contributed by atoms with Crippen LogP contribution in [0.1, 0.15) is 52.4 Å². The second-order valence-corrected chi connectivity index (χ2v) is 4.51. The van der Waals surface area contributed by atoms with Crippen LogP contribution < -0.4 is 0 Å². The summed E-state index contributed by atoms with van der Waals surface area (Å²) in [5.74, 6) is 0.875. The quantitative estimate of drug-likeness (QED) is 0.739. The third kappa shape index (κ3) is 2.96. The van der Waals surface area contributed by atoms with Gasteiger partial charge in [-0.2, -0.15) is 0 Å². The van der Waals surface area contributed by atoms with Crippen molar-refractivity contribution in [2.75, 3.05) is 13.2 Å². The van der Waals surface area contributed by atoms with Gasteiger partial charge in [-0.3, -0.25) is 0 Å². The van der Waals surface area contributed by atoms with Gasteiger partial charge in [0.15, 0.2) is 0 Å². The van der Waals surface area contributed by atoms with Gasteiger partial charge in [-0.1, -0.05) is 19.8 Å². The lowest BCUT2D eigenvalue weighted by molar-refractivity contribution is -0.103. The summed E-state index contributed by atoms with van der Waals surface area (Å²) >= 11 is 0. The predicted molar refractivity (Wildman–Crippen MR) is 58.3 cm³/mol. The van der Waals surface area contributed by atoms with E-state index in [1.54, 1.807) is 0 Å². The molecule has 1 fully saturated rings. The highest BCUT2D eigenvalue weighted by Gasteiger charge is 2.34. The second kappa shape index (κ2) is 5.72. The Balaban J connectivity index is 2.38. The van der Waals surface area contributed by atoms with Gasteiger partial charge < -0.3 is 9.84 Å². The molecule has 1 aliphatic carbocycles. The molecule has 1 N–H and O–H groups in total. The molecule has 0 aromatic rings. The van der Waals surface area contributed by atoms with Crippen LogP contribution in [-0.4, -0.2) is 23.9 Å². The largest absolute Gasteiger partial charge is 0.393 e. The van der Waals surface area contributed by atoms with Crippen molar-refractivity contribution in [2.45, 2.75) is 58.0 Å². The van der Waals surface area contributed by atoms with Crippen molar-refractivity contribution in [1.29, 1.82) is 0 Å². The molecule has 2 heteroatoms. The van der Waals surface area contributed by atoms with Crippen LogP contribution in [0.25, 0.3) is 0 Å². The summed E-state index contributed by atoms with van der Waals surface area (Å²) in [4.78, 5) is 0. The molecule has 0 saturated heterocycles. The molecule has 0 radical (unpaired) electrons. The predicted octanol–water partition coefficient (Wildman–Crippen LogP) is 2.74. The lowest BCUT2D eigenvalue weighted by Crippen LogP contribution is -2.40. The van der Waals surface area contributed by atoms with E-state index in [1.807, 2.05) is 6.92 Å². The molecule has 0 aromatic carbocycles. The molecule has 1 aliphatic rings. The highest BCUT2D eigenvalue weighted by Crippen LogP contribution is 2.36. The molecule has 0 heterocycles. The highest BCUT2D eigenvalue weighted by atomic mass is 16.5. The van der Waals surface area contributed by atoms with Crippen LogP contribution >= 0.6 is 0 Å². The Morgan fingerprint density at radius 1 is 1.29 bits per heavy atom. The van der Waals surface area contributed by atoms with Gasteiger partial charge in [0.25, 0.3) is 0 Å². The maximum atomic E-state index is 9.36. The molecule has 0 bridgehead atoms. The van der Waals surface area contributed by atoms with Crippen LogP contribution in [0.3, 0.4) is 0 Å². The topological polar surface area (TPSA) is 29.5 Å². The SMILES string of the molecule is CCCC1CCC(CO)(OCC)CC1. The van der Waals surface area contributed by atoms with Crippen molar-refractivity contribution in [1.82, 2.24) is 0 Å². The molecule has 84 valence electrons. The molecule has 0 aromatic heterocycles. The number of ether oxygens (including phenoxy) is 1. The van der Waals surface area contributed by atoms with Crippen molar-refractivity contribution in [3.8, 4) is 0 Å². The molecule has 0 aliphatic heterocycles. The van der Waals surface area contributed by atoms with Crippen molar-refractivity contribution < 1.29 is 9.84 Å². The van der Waals surface area contributed by atoms with Crippen LogP contribution in [0.5, 0.6) is 0 Å². The van der Waals surface area contributed by atoms with Crippen molar-refractivity contribution in [2.24, 2.45) is 5.92 Å². The van der Waals surface area contributed by atoms with E-state index >= 15 is 0 Å². The second-order valence-electron chi connectivity index (χ2n) is 4.51. The highest BCUT2D eigenvalue weighted by molar-refractivity contribution is 4.86. The van der Waals surface area contributed by atoms with Crippen LogP contribution in [0.15, 0.2) is 0 Å². The minimum absolute atomic E-state index is 0.194. The summed E-state index contributed by atoms with van der Waals surface area (Å²) in [5, 5.41) is 9.36. The van der Waals surface area contributed by atoms with E-state index in [0.717, 1.165) is 25.4 Å². The van der Waals surface area contributed by atoms with E-state index in [0.29, 0.717) is 0 Å². The summed E-state index contributed by atoms with van der Waals surface area (Å²) < 4.78 is 5.70. The smallest absolute Gasteiger partial charge is 0.0912 e. The van der Waals surface area contributed by atoms with Crippen molar-refractivity contribution >= 4 is 0 Å². The van der Waals surface area contributed by atoms with Gasteiger partial charge >= 0.3 is 0 Å². The fourth-order valence-corrected chi connectivity index (χ4v) is 2.55. The van der Waals surface area contributed by atoms with Crippen molar-refractivity contribution in [3.05, 3.63) is 0 Å². The fourth-order valence-electron chi connectivity index (χ4n) is 2.55. The summed E-state index contributed by atoms with van der Waals surface area (Å²) in [6, 6.07) is 0. The minimum Gasteiger partial charge on any atom is -0.393 e. The Morgan fingerprint density at radius 2 is 1.93 bits per heavy atom. The third-order valence-corrected chi connectivity index (χ3v) is 3.45. The first-order valence-electron chi connectivity index (χ1n) is 6.01. The third-order valence-electron chi connectivity index (χ3n) is 3.45. The molecule has 0 spiro atoms. The van der Waals surface area contributed by atoms with Crippen LogP contribution in [0.4, 0.5) is 0 Å². The van der Waals surface area contributed by atoms with Crippen LogP contribution in [0.2, 0.25) is 0 Å². The molecule has 1 saturated carbocycles. The van der Waals surface area contributed by atoms with Gasteiger partial charge in [-0.15, -0.1) is 0 Å². The molecule has 2 nitrogen and oxygen atoms in total. The Morgan fingerprint density at radius 3 is 2.36 bits per heavy atom. The normalized spacial score (nSPS) is 33.2. The number of aliphatic hydroxyl groups is 1. The maximum Gasteiger partial charge on any atom is 0.0912 e. The van der Waals surface area contributed by atoms with Crippen LogP contribution in [0, 0.1) is 5.92 Å². The average Bonchev–Trinajstić information content (AvgIpc) is 2.22. The lowest BCUT2D eigenvalue weighted by atomic mass is 9.77. The average molecular weight is 200 g/mol. The van der Waals surface area contributed by atoms with Gasteiger partial charge in [-0.05, 0) is 38.5 Å². The standard InChI is InChI=1S/C12H24O2/c1-3-5-11-6-8-12(10-13,9-7-11)14-4-2/h11,13H,3-10H2,1-2H3. The van der Waals surface area contributed by atoms with E-state index in [9.17, 15) is 5.11 Å². The number of hydrogen-bond acceptors (Lipinski definition) is 2. The van der Waals surface area contributed by atoms with Gasteiger partial charge in [0.1, 0.15) is 0 Å². The summed E-state index contributed by atoms with van der Waals surface area (Å²) in [6.07, 6.45) is 7.17. The van der Waals surface area contributed by atoms with Gasteiger partial charge in [0.05, 0.1) is 12.2 Å². The van der Waals surface area contributed by atoms with Gasteiger partial charge in [0.2, 0.25) is 0 Å². The molecular formula is C12H24O2. The first-order valence-corrected chi connectivity index (χ1v) is 6.01. The van der Waals surface area contributed by atoms with Gasteiger partial charge in [-0.25, -0.2) is 0 Å². The minimum atomic E-state index is -0.195. The zero-order chi connectivity index (χ0) is 10.4. The number of rotatable bonds is 5. The molecular weight excluding hydrogens is 176 g/mol. The monoisotopic (exact) mass is 200 g/mol. The summed E-state index contributed by atoms with van der Waals surface area (Å²) in [5.41, 5.74) is -0.195. The van der Waals surface area contributed by atoms with E-state index < -0.39 is 0 Å². The first-order chi connectivity index (χ1) is 6.76. The van der Waals surface area contributed by atoms with Crippen LogP contribution in [-0.2, 0) is 4.74 Å². The first kappa shape index (κ1) is 12.0. The van der Waals surface area contributed by atoms with Gasteiger partial charge in [0, 0.05) is 6.61 Å². The van der Waals surface area contributed by atoms with E-state index in [2.05, 4.69) is 6.92 Å². The molecule has 1 rings (SSSR count). The maximum absolute atomic E-state index is 9.36. The fraction of sp³-hybridized carbons (Fsp3) is 1.00. The zero-order valence-corrected chi connectivity index (χ0v) is 9.59. The van der Waals surface area contributed by atoms with E-state index in [1.165, 1.54) is 25.7 Å². The van der Waals surface area contributed by atoms with E-state index in [-0.39, 0.29) is 12.2 Å². The Kier molecular flexibility index (Phi) is 4.90. The zero-order valence-electron chi connectivity index (χ0n) is 9.59. The molecule has 0 amide bonds. The number of hydrogen-bond donors (Lipinski definition) is 1. The molecule has 0 unspecified atom stereocenters. The Labute approximate surface area is 87.7 Å². The Bertz CT molecular complexity index is 148. The summed E-state index contributed by atoms with van der Waals surface area (Å²) in [7, 11) is 0. The van der Waals surface area contributed by atoms with E-state index in [4.69, 9.17) is 4.74 Å². The number of aliphatic hydroxyl groups excluding tert-OH is 1. The van der Waals surface area contributed by atoms with Crippen molar-refractivity contribution in [3.63, 3.8) is 0 Å². The lowest BCUT2D eigenvalue weighted by Gasteiger charge is -2.38.